The Kier molecular flexibility index (Phi) is 4.20. The van der Waals surface area contributed by atoms with Gasteiger partial charge in [-0.25, -0.2) is 4.98 Å². The van der Waals surface area contributed by atoms with E-state index in [1.807, 2.05) is 49.6 Å². The second-order valence-corrected chi connectivity index (χ2v) is 4.85. The van der Waals surface area contributed by atoms with E-state index in [-0.39, 0.29) is 11.9 Å². The van der Waals surface area contributed by atoms with Gasteiger partial charge >= 0.3 is 0 Å². The molecule has 5 nitrogen and oxygen atoms in total. The third kappa shape index (κ3) is 2.72. The number of hydrogen-bond acceptors (Lipinski definition) is 3. The van der Waals surface area contributed by atoms with Crippen LogP contribution in [0.4, 0.5) is 5.69 Å². The third-order valence-electron chi connectivity index (χ3n) is 3.58. The molecule has 5 heteroatoms. The van der Waals surface area contributed by atoms with E-state index in [9.17, 15) is 4.79 Å². The fourth-order valence-electron chi connectivity index (χ4n) is 2.09. The first kappa shape index (κ1) is 14.3. The van der Waals surface area contributed by atoms with Gasteiger partial charge in [0.15, 0.2) is 0 Å². The predicted octanol–water partition coefficient (Wildman–Crippen LogP) is 2.16. The molecule has 1 unspecified atom stereocenters. The van der Waals surface area contributed by atoms with Crippen LogP contribution < -0.4 is 11.1 Å². The summed E-state index contributed by atoms with van der Waals surface area (Å²) in [4.78, 5) is 16.6. The lowest BCUT2D eigenvalue weighted by Crippen LogP contribution is -2.24. The van der Waals surface area contributed by atoms with Crippen LogP contribution in [0, 0.1) is 13.8 Å². The van der Waals surface area contributed by atoms with Crippen molar-refractivity contribution in [3.8, 4) is 0 Å². The minimum absolute atomic E-state index is 0.0774. The van der Waals surface area contributed by atoms with E-state index >= 15 is 0 Å². The van der Waals surface area contributed by atoms with Gasteiger partial charge in [-0.2, -0.15) is 0 Å². The Labute approximate surface area is 118 Å². The molecule has 0 aliphatic carbocycles. The third-order valence-corrected chi connectivity index (χ3v) is 3.58. The van der Waals surface area contributed by atoms with Gasteiger partial charge in [-0.05, 0) is 32.4 Å². The summed E-state index contributed by atoms with van der Waals surface area (Å²) in [6.07, 6.45) is 1.70. The Hall–Kier alpha value is -2.14. The van der Waals surface area contributed by atoms with Crippen molar-refractivity contribution in [2.24, 2.45) is 5.73 Å². The van der Waals surface area contributed by atoms with E-state index in [1.165, 1.54) is 0 Å². The number of imidazole rings is 1. The molecule has 0 bridgehead atoms. The van der Waals surface area contributed by atoms with Crippen molar-refractivity contribution in [3.63, 3.8) is 0 Å². The van der Waals surface area contributed by atoms with Crippen molar-refractivity contribution >= 4 is 11.6 Å². The highest BCUT2D eigenvalue weighted by atomic mass is 16.2. The summed E-state index contributed by atoms with van der Waals surface area (Å²) in [6, 6.07) is 7.24. The molecule has 20 heavy (non-hydrogen) atoms. The largest absolute Gasteiger partial charge is 0.326 e. The molecular formula is C15H20N4O. The average molecular weight is 272 g/mol. The molecule has 0 spiro atoms. The zero-order valence-corrected chi connectivity index (χ0v) is 12.1. The van der Waals surface area contributed by atoms with Gasteiger partial charge in [-0.15, -0.1) is 0 Å². The van der Waals surface area contributed by atoms with Crippen molar-refractivity contribution < 1.29 is 4.79 Å². The molecule has 3 N–H and O–H groups in total. The Morgan fingerprint density at radius 1 is 1.40 bits per heavy atom. The standard InChI is InChI=1S/C15H20N4O/c1-10-11(2)19(9-17-10)12(3)15(20)18-14-7-5-4-6-13(14)8-16/h4-7,9,12H,8,16H2,1-3H3,(H,18,20). The topological polar surface area (TPSA) is 72.9 Å². The van der Waals surface area contributed by atoms with Crippen molar-refractivity contribution in [2.75, 3.05) is 5.32 Å². The summed E-state index contributed by atoms with van der Waals surface area (Å²) < 4.78 is 1.87. The van der Waals surface area contributed by atoms with Crippen LogP contribution in [0.5, 0.6) is 0 Å². The lowest BCUT2D eigenvalue weighted by Gasteiger charge is -2.16. The van der Waals surface area contributed by atoms with Crippen LogP contribution in [0.15, 0.2) is 30.6 Å². The number of para-hydroxylation sites is 1. The Bertz CT molecular complexity index is 618. The van der Waals surface area contributed by atoms with Gasteiger partial charge in [0.1, 0.15) is 6.04 Å². The number of aromatic nitrogens is 2. The highest BCUT2D eigenvalue weighted by Crippen LogP contribution is 2.18. The summed E-state index contributed by atoms with van der Waals surface area (Å²) in [6.45, 7) is 6.14. The SMILES string of the molecule is Cc1ncn(C(C)C(=O)Nc2ccccc2CN)c1C. The minimum atomic E-state index is -0.318. The summed E-state index contributed by atoms with van der Waals surface area (Å²) >= 11 is 0. The molecule has 1 aromatic carbocycles. The second kappa shape index (κ2) is 5.88. The van der Waals surface area contributed by atoms with Crippen LogP contribution in [0.2, 0.25) is 0 Å². The first-order valence-electron chi connectivity index (χ1n) is 6.63. The number of anilines is 1. The fourth-order valence-corrected chi connectivity index (χ4v) is 2.09. The second-order valence-electron chi connectivity index (χ2n) is 4.85. The Balaban J connectivity index is 2.18. The highest BCUT2D eigenvalue weighted by molar-refractivity contribution is 5.94. The van der Waals surface area contributed by atoms with Crippen LogP contribution in [-0.2, 0) is 11.3 Å². The molecule has 0 saturated heterocycles. The van der Waals surface area contributed by atoms with Gasteiger partial charge in [-0.1, -0.05) is 18.2 Å². The fraction of sp³-hybridized carbons (Fsp3) is 0.333. The molecule has 2 aromatic rings. The lowest BCUT2D eigenvalue weighted by atomic mass is 10.1. The van der Waals surface area contributed by atoms with Crippen molar-refractivity contribution in [1.82, 2.24) is 9.55 Å². The maximum atomic E-state index is 12.3. The van der Waals surface area contributed by atoms with Gasteiger partial charge < -0.3 is 15.6 Å². The number of rotatable bonds is 4. The molecule has 1 heterocycles. The van der Waals surface area contributed by atoms with E-state index in [0.29, 0.717) is 6.54 Å². The lowest BCUT2D eigenvalue weighted by molar-refractivity contribution is -0.118. The molecule has 0 aliphatic heterocycles. The molecule has 1 atom stereocenters. The van der Waals surface area contributed by atoms with Gasteiger partial charge in [0.25, 0.3) is 0 Å². The van der Waals surface area contributed by atoms with E-state index in [0.717, 1.165) is 22.6 Å². The molecule has 0 saturated carbocycles. The zero-order chi connectivity index (χ0) is 14.7. The number of hydrogen-bond donors (Lipinski definition) is 2. The molecule has 1 aromatic heterocycles. The molecule has 0 fully saturated rings. The van der Waals surface area contributed by atoms with Crippen LogP contribution in [-0.4, -0.2) is 15.5 Å². The maximum absolute atomic E-state index is 12.3. The van der Waals surface area contributed by atoms with E-state index < -0.39 is 0 Å². The zero-order valence-electron chi connectivity index (χ0n) is 12.1. The van der Waals surface area contributed by atoms with Crippen molar-refractivity contribution in [1.29, 1.82) is 0 Å². The number of carbonyl (C=O) groups excluding carboxylic acids is 1. The molecule has 0 radical (unpaired) electrons. The number of amides is 1. The van der Waals surface area contributed by atoms with E-state index in [1.54, 1.807) is 6.33 Å². The summed E-state index contributed by atoms with van der Waals surface area (Å²) in [5.41, 5.74) is 9.30. The average Bonchev–Trinajstić information content (AvgIpc) is 2.78. The molecule has 2 rings (SSSR count). The van der Waals surface area contributed by atoms with Gasteiger partial charge in [0, 0.05) is 17.9 Å². The number of aryl methyl sites for hydroxylation is 1. The molecule has 0 aliphatic rings. The van der Waals surface area contributed by atoms with Gasteiger partial charge in [-0.3, -0.25) is 4.79 Å². The Morgan fingerprint density at radius 2 is 2.10 bits per heavy atom. The number of nitrogens with two attached hydrogens (primary N) is 1. The molecule has 1 amide bonds. The van der Waals surface area contributed by atoms with Gasteiger partial charge in [0.05, 0.1) is 12.0 Å². The first-order valence-corrected chi connectivity index (χ1v) is 6.63. The Morgan fingerprint density at radius 3 is 2.70 bits per heavy atom. The number of nitrogens with zero attached hydrogens (tertiary/aromatic N) is 2. The number of nitrogens with one attached hydrogen (secondary N) is 1. The summed E-state index contributed by atoms with van der Waals surface area (Å²) in [7, 11) is 0. The van der Waals surface area contributed by atoms with Crippen LogP contribution in [0.1, 0.15) is 29.9 Å². The summed E-state index contributed by atoms with van der Waals surface area (Å²) in [5.74, 6) is -0.0774. The maximum Gasteiger partial charge on any atom is 0.247 e. The molecule has 106 valence electrons. The van der Waals surface area contributed by atoms with E-state index in [4.69, 9.17) is 5.73 Å². The quantitative estimate of drug-likeness (QED) is 0.895. The monoisotopic (exact) mass is 272 g/mol. The first-order chi connectivity index (χ1) is 9.54. The normalized spacial score (nSPS) is 12.2. The molecular weight excluding hydrogens is 252 g/mol. The van der Waals surface area contributed by atoms with Crippen LogP contribution in [0.25, 0.3) is 0 Å². The number of benzene rings is 1. The minimum Gasteiger partial charge on any atom is -0.326 e. The smallest absolute Gasteiger partial charge is 0.247 e. The number of carbonyl (C=O) groups is 1. The van der Waals surface area contributed by atoms with Gasteiger partial charge in [0.2, 0.25) is 5.91 Å². The predicted molar refractivity (Wildman–Crippen MR) is 79.4 cm³/mol. The van der Waals surface area contributed by atoms with E-state index in [2.05, 4.69) is 10.3 Å². The highest BCUT2D eigenvalue weighted by Gasteiger charge is 2.18. The van der Waals surface area contributed by atoms with Crippen molar-refractivity contribution in [2.45, 2.75) is 33.4 Å². The van der Waals surface area contributed by atoms with Crippen molar-refractivity contribution in [3.05, 3.63) is 47.5 Å². The van der Waals surface area contributed by atoms with Crippen LogP contribution >= 0.6 is 0 Å². The summed E-state index contributed by atoms with van der Waals surface area (Å²) in [5, 5.41) is 2.93. The van der Waals surface area contributed by atoms with Crippen LogP contribution in [0.3, 0.4) is 0 Å².